The van der Waals surface area contributed by atoms with E-state index in [1.54, 1.807) is 0 Å². The number of benzene rings is 1. The number of aliphatic hydroxyl groups excluding tert-OH is 1. The Hall–Kier alpha value is -0.580. The lowest BCUT2D eigenvalue weighted by atomic mass is 9.90. The van der Waals surface area contributed by atoms with E-state index in [0.717, 1.165) is 17.4 Å². The molecular weight excluding hydrogens is 316 g/mol. The van der Waals surface area contributed by atoms with E-state index < -0.39 is 0 Å². The first-order chi connectivity index (χ1) is 9.67. The van der Waals surface area contributed by atoms with Gasteiger partial charge in [0.25, 0.3) is 0 Å². The molecule has 0 saturated heterocycles. The average molecular weight is 341 g/mol. The summed E-state index contributed by atoms with van der Waals surface area (Å²) in [5.41, 5.74) is 2.64. The highest BCUT2D eigenvalue weighted by Crippen LogP contribution is 2.35. The second-order valence-electron chi connectivity index (χ2n) is 5.57. The first kappa shape index (κ1) is 15.8. The largest absolute Gasteiger partial charge is 0.396 e. The third-order valence-electron chi connectivity index (χ3n) is 4.27. The minimum Gasteiger partial charge on any atom is -0.396 e. The van der Waals surface area contributed by atoms with Gasteiger partial charge in [-0.1, -0.05) is 15.9 Å². The monoisotopic (exact) mass is 340 g/mol. The highest BCUT2D eigenvalue weighted by Gasteiger charge is 2.27. The average Bonchev–Trinajstić information content (AvgIpc) is 2.40. The van der Waals surface area contributed by atoms with E-state index in [-0.39, 0.29) is 6.61 Å². The van der Waals surface area contributed by atoms with E-state index in [2.05, 4.69) is 51.3 Å². The van der Waals surface area contributed by atoms with Crippen molar-refractivity contribution >= 4 is 21.6 Å². The maximum absolute atomic E-state index is 9.16. The Bertz CT molecular complexity index is 434. The molecule has 0 radical (unpaired) electrons. The number of rotatable bonds is 7. The van der Waals surface area contributed by atoms with Gasteiger partial charge in [0.05, 0.1) is 0 Å². The Morgan fingerprint density at radius 3 is 2.75 bits per heavy atom. The number of hydrogen-bond donors (Lipinski definition) is 2. The van der Waals surface area contributed by atoms with E-state index in [9.17, 15) is 0 Å². The summed E-state index contributed by atoms with van der Waals surface area (Å²) in [6, 6.07) is 7.50. The molecule has 4 heteroatoms. The number of anilines is 1. The highest BCUT2D eigenvalue weighted by molar-refractivity contribution is 9.10. The zero-order chi connectivity index (χ0) is 14.5. The minimum atomic E-state index is 0.261. The Balaban J connectivity index is 2.30. The van der Waals surface area contributed by atoms with Crippen LogP contribution in [-0.2, 0) is 0 Å². The second-order valence-corrected chi connectivity index (χ2v) is 6.48. The summed E-state index contributed by atoms with van der Waals surface area (Å²) in [6.45, 7) is 3.39. The van der Waals surface area contributed by atoms with Crippen LogP contribution in [0, 0.1) is 0 Å². The molecule has 2 N–H and O–H groups in total. The van der Waals surface area contributed by atoms with Gasteiger partial charge < -0.3 is 15.3 Å². The van der Waals surface area contributed by atoms with Gasteiger partial charge in [-0.25, -0.2) is 0 Å². The maximum atomic E-state index is 9.16. The highest BCUT2D eigenvalue weighted by atomic mass is 79.9. The maximum Gasteiger partial charge on any atom is 0.0447 e. The molecule has 1 aliphatic rings. The molecule has 1 aliphatic carbocycles. The summed E-state index contributed by atoms with van der Waals surface area (Å²) >= 11 is 3.58. The predicted molar refractivity (Wildman–Crippen MR) is 88.3 cm³/mol. The van der Waals surface area contributed by atoms with E-state index >= 15 is 0 Å². The summed E-state index contributed by atoms with van der Waals surface area (Å²) in [5.74, 6) is 0. The van der Waals surface area contributed by atoms with Crippen molar-refractivity contribution in [1.82, 2.24) is 5.32 Å². The van der Waals surface area contributed by atoms with Crippen molar-refractivity contribution in [2.45, 2.75) is 44.7 Å². The molecule has 112 valence electrons. The molecule has 0 aromatic heterocycles. The Labute approximate surface area is 130 Å². The summed E-state index contributed by atoms with van der Waals surface area (Å²) in [5, 5.41) is 12.5. The topological polar surface area (TPSA) is 35.5 Å². The molecule has 0 spiro atoms. The van der Waals surface area contributed by atoms with Crippen LogP contribution in [0.15, 0.2) is 22.7 Å². The standard InChI is InChI=1S/C16H25BrN2O/c1-12(18-2)15-11-13(17)7-8-16(15)19(9-4-10-20)14-5-3-6-14/h7-8,11-12,14,18,20H,3-6,9-10H2,1-2H3. The van der Waals surface area contributed by atoms with E-state index in [4.69, 9.17) is 5.11 Å². The summed E-state index contributed by atoms with van der Waals surface area (Å²) < 4.78 is 1.12. The number of nitrogens with zero attached hydrogens (tertiary/aromatic N) is 1. The number of aliphatic hydroxyl groups is 1. The molecule has 1 saturated carbocycles. The second kappa shape index (κ2) is 7.43. The summed E-state index contributed by atoms with van der Waals surface area (Å²) in [4.78, 5) is 2.50. The molecule has 1 aromatic rings. The Kier molecular flexibility index (Phi) is 5.87. The molecule has 0 aliphatic heterocycles. The van der Waals surface area contributed by atoms with Gasteiger partial charge in [0.1, 0.15) is 0 Å². The molecule has 20 heavy (non-hydrogen) atoms. The van der Waals surface area contributed by atoms with Gasteiger partial charge in [0, 0.05) is 35.4 Å². The predicted octanol–water partition coefficient (Wildman–Crippen LogP) is 3.47. The smallest absolute Gasteiger partial charge is 0.0447 e. The lowest BCUT2D eigenvalue weighted by molar-refractivity contribution is 0.283. The van der Waals surface area contributed by atoms with Crippen LogP contribution in [-0.4, -0.2) is 31.3 Å². The van der Waals surface area contributed by atoms with Crippen molar-refractivity contribution < 1.29 is 5.11 Å². The van der Waals surface area contributed by atoms with Crippen molar-refractivity contribution in [3.05, 3.63) is 28.2 Å². The third-order valence-corrected chi connectivity index (χ3v) is 4.76. The fourth-order valence-corrected chi connectivity index (χ4v) is 3.11. The van der Waals surface area contributed by atoms with Gasteiger partial charge in [-0.15, -0.1) is 0 Å². The molecule has 0 heterocycles. The zero-order valence-electron chi connectivity index (χ0n) is 12.4. The minimum absolute atomic E-state index is 0.261. The van der Waals surface area contributed by atoms with Crippen molar-refractivity contribution in [1.29, 1.82) is 0 Å². The molecule has 1 atom stereocenters. The lowest BCUT2D eigenvalue weighted by Crippen LogP contribution is -2.42. The van der Waals surface area contributed by atoms with Crippen molar-refractivity contribution in [3.8, 4) is 0 Å². The van der Waals surface area contributed by atoms with Crippen LogP contribution in [0.4, 0.5) is 5.69 Å². The molecular formula is C16H25BrN2O. The molecule has 1 unspecified atom stereocenters. The normalized spacial score (nSPS) is 16.8. The molecule has 1 fully saturated rings. The Morgan fingerprint density at radius 2 is 2.20 bits per heavy atom. The number of nitrogens with one attached hydrogen (secondary N) is 1. The van der Waals surface area contributed by atoms with Crippen LogP contribution in [0.1, 0.15) is 44.2 Å². The first-order valence-corrected chi connectivity index (χ1v) is 8.31. The SMILES string of the molecule is CNC(C)c1cc(Br)ccc1N(CCCO)C1CCC1. The van der Waals surface area contributed by atoms with Crippen molar-refractivity contribution in [2.75, 3.05) is 25.1 Å². The quantitative estimate of drug-likeness (QED) is 0.797. The summed E-state index contributed by atoms with van der Waals surface area (Å²) in [7, 11) is 2.00. The van der Waals surface area contributed by atoms with Crippen LogP contribution in [0.5, 0.6) is 0 Å². The molecule has 3 nitrogen and oxygen atoms in total. The van der Waals surface area contributed by atoms with E-state index in [1.807, 2.05) is 7.05 Å². The number of halogens is 1. The van der Waals surface area contributed by atoms with Crippen LogP contribution >= 0.6 is 15.9 Å². The zero-order valence-corrected chi connectivity index (χ0v) is 14.0. The fraction of sp³-hybridized carbons (Fsp3) is 0.625. The van der Waals surface area contributed by atoms with E-state index in [0.29, 0.717) is 12.1 Å². The van der Waals surface area contributed by atoms with Gasteiger partial charge in [0.2, 0.25) is 0 Å². The molecule has 1 aromatic carbocycles. The van der Waals surface area contributed by atoms with Crippen LogP contribution in [0.2, 0.25) is 0 Å². The van der Waals surface area contributed by atoms with Crippen LogP contribution in [0.25, 0.3) is 0 Å². The van der Waals surface area contributed by atoms with Crippen molar-refractivity contribution in [2.24, 2.45) is 0 Å². The van der Waals surface area contributed by atoms with Crippen LogP contribution < -0.4 is 10.2 Å². The van der Waals surface area contributed by atoms with Gasteiger partial charge in [-0.05, 0) is 63.4 Å². The molecule has 0 amide bonds. The fourth-order valence-electron chi connectivity index (χ4n) is 2.73. The van der Waals surface area contributed by atoms with Gasteiger partial charge in [-0.3, -0.25) is 0 Å². The summed E-state index contributed by atoms with van der Waals surface area (Å²) in [6.07, 6.45) is 4.71. The third kappa shape index (κ3) is 3.54. The van der Waals surface area contributed by atoms with Gasteiger partial charge >= 0.3 is 0 Å². The lowest BCUT2D eigenvalue weighted by Gasteiger charge is -2.41. The molecule has 0 bridgehead atoms. The molecule has 2 rings (SSSR count). The van der Waals surface area contributed by atoms with Gasteiger partial charge in [0.15, 0.2) is 0 Å². The number of hydrogen-bond acceptors (Lipinski definition) is 3. The van der Waals surface area contributed by atoms with Crippen molar-refractivity contribution in [3.63, 3.8) is 0 Å². The Morgan fingerprint density at radius 1 is 1.45 bits per heavy atom. The van der Waals surface area contributed by atoms with Gasteiger partial charge in [-0.2, -0.15) is 0 Å². The van der Waals surface area contributed by atoms with E-state index in [1.165, 1.54) is 30.5 Å². The van der Waals surface area contributed by atoms with Crippen LogP contribution in [0.3, 0.4) is 0 Å². The first-order valence-electron chi connectivity index (χ1n) is 7.51.